The highest BCUT2D eigenvalue weighted by molar-refractivity contribution is 9.10. The molecule has 0 aliphatic rings. The zero-order valence-corrected chi connectivity index (χ0v) is 12.9. The van der Waals surface area contributed by atoms with Crippen LogP contribution in [0, 0.1) is 12.7 Å². The monoisotopic (exact) mass is 358 g/mol. The lowest BCUT2D eigenvalue weighted by atomic mass is 10.2. The highest BCUT2D eigenvalue weighted by Gasteiger charge is 2.17. The minimum atomic E-state index is -3.86. The number of nitrogens with two attached hydrogens (primary N) is 1. The van der Waals surface area contributed by atoms with Crippen LogP contribution in [0.15, 0.2) is 45.8 Å². The summed E-state index contributed by atoms with van der Waals surface area (Å²) in [5.41, 5.74) is 6.60. The van der Waals surface area contributed by atoms with Crippen molar-refractivity contribution in [2.24, 2.45) is 0 Å². The molecule has 0 spiro atoms. The molecule has 106 valence electrons. The molecule has 0 aliphatic heterocycles. The van der Waals surface area contributed by atoms with Gasteiger partial charge in [-0.3, -0.25) is 4.72 Å². The molecule has 0 bridgehead atoms. The lowest BCUT2D eigenvalue weighted by Gasteiger charge is -2.10. The number of hydrogen-bond donors (Lipinski definition) is 2. The number of aryl methyl sites for hydroxylation is 1. The van der Waals surface area contributed by atoms with Crippen LogP contribution in [0.25, 0.3) is 0 Å². The zero-order chi connectivity index (χ0) is 14.9. The van der Waals surface area contributed by atoms with Crippen molar-refractivity contribution in [3.05, 3.63) is 52.3 Å². The Morgan fingerprint density at radius 1 is 1.20 bits per heavy atom. The van der Waals surface area contributed by atoms with E-state index in [-0.39, 0.29) is 10.6 Å². The lowest BCUT2D eigenvalue weighted by Crippen LogP contribution is -2.13. The molecule has 0 aliphatic carbocycles. The van der Waals surface area contributed by atoms with Gasteiger partial charge in [-0.15, -0.1) is 0 Å². The molecule has 0 saturated heterocycles. The quantitative estimate of drug-likeness (QED) is 0.827. The van der Waals surface area contributed by atoms with Gasteiger partial charge in [0.1, 0.15) is 5.82 Å². The van der Waals surface area contributed by atoms with Crippen molar-refractivity contribution >= 4 is 37.3 Å². The Hall–Kier alpha value is -1.60. The third kappa shape index (κ3) is 3.10. The molecule has 2 aromatic rings. The second-order valence-corrected chi connectivity index (χ2v) is 6.81. The first kappa shape index (κ1) is 14.8. The van der Waals surface area contributed by atoms with Crippen molar-refractivity contribution in [3.63, 3.8) is 0 Å². The molecule has 0 unspecified atom stereocenters. The molecular formula is C13H12BrFN2O2S. The van der Waals surface area contributed by atoms with Crippen LogP contribution in [0.1, 0.15) is 5.56 Å². The summed E-state index contributed by atoms with van der Waals surface area (Å²) in [6.07, 6.45) is 0. The molecule has 0 aromatic heterocycles. The van der Waals surface area contributed by atoms with Gasteiger partial charge in [0.15, 0.2) is 0 Å². The van der Waals surface area contributed by atoms with E-state index in [0.29, 0.717) is 10.2 Å². The summed E-state index contributed by atoms with van der Waals surface area (Å²) in [6.45, 7) is 1.89. The van der Waals surface area contributed by atoms with Crippen LogP contribution < -0.4 is 10.5 Å². The number of nitrogens with one attached hydrogen (secondary N) is 1. The summed E-state index contributed by atoms with van der Waals surface area (Å²) in [5.74, 6) is -0.768. The molecule has 0 heterocycles. The van der Waals surface area contributed by atoms with Gasteiger partial charge < -0.3 is 5.73 Å². The van der Waals surface area contributed by atoms with E-state index in [2.05, 4.69) is 20.7 Å². The molecule has 0 fully saturated rings. The fraction of sp³-hybridized carbons (Fsp3) is 0.0769. The first-order valence-electron chi connectivity index (χ1n) is 5.63. The second-order valence-electron chi connectivity index (χ2n) is 4.27. The van der Waals surface area contributed by atoms with Gasteiger partial charge in [-0.25, -0.2) is 12.8 Å². The standard InChI is InChI=1S/C13H12BrFN2O2S/c1-8-2-5-13(10(14)6-8)17-20(18,19)9-3-4-12(16)11(15)7-9/h2-7,17H,16H2,1H3. The van der Waals surface area contributed by atoms with Gasteiger partial charge in [0.25, 0.3) is 10.0 Å². The minimum Gasteiger partial charge on any atom is -0.396 e. The van der Waals surface area contributed by atoms with Crippen molar-refractivity contribution in [1.29, 1.82) is 0 Å². The summed E-state index contributed by atoms with van der Waals surface area (Å²) < 4.78 is 40.7. The molecule has 2 rings (SSSR count). The molecular weight excluding hydrogens is 347 g/mol. The lowest BCUT2D eigenvalue weighted by molar-refractivity contribution is 0.596. The van der Waals surface area contributed by atoms with Gasteiger partial charge in [0, 0.05) is 4.47 Å². The minimum absolute atomic E-state index is 0.0968. The van der Waals surface area contributed by atoms with E-state index in [1.165, 1.54) is 12.1 Å². The highest BCUT2D eigenvalue weighted by Crippen LogP contribution is 2.26. The Labute approximate surface area is 125 Å². The van der Waals surface area contributed by atoms with Crippen molar-refractivity contribution in [2.75, 3.05) is 10.5 Å². The number of benzene rings is 2. The maximum absolute atomic E-state index is 13.4. The Morgan fingerprint density at radius 3 is 2.50 bits per heavy atom. The SMILES string of the molecule is Cc1ccc(NS(=O)(=O)c2ccc(N)c(F)c2)c(Br)c1. The smallest absolute Gasteiger partial charge is 0.262 e. The van der Waals surface area contributed by atoms with Gasteiger partial charge >= 0.3 is 0 Å². The molecule has 0 radical (unpaired) electrons. The predicted octanol–water partition coefficient (Wildman–Crippen LogP) is 3.28. The first-order chi connectivity index (χ1) is 9.29. The number of anilines is 2. The summed E-state index contributed by atoms with van der Waals surface area (Å²) in [7, 11) is -3.86. The van der Waals surface area contributed by atoms with Gasteiger partial charge in [-0.05, 0) is 58.7 Å². The van der Waals surface area contributed by atoms with Crippen LogP contribution in [0.4, 0.5) is 15.8 Å². The van der Waals surface area contributed by atoms with E-state index in [0.717, 1.165) is 11.6 Å². The number of nitrogen functional groups attached to an aromatic ring is 1. The van der Waals surface area contributed by atoms with Crippen molar-refractivity contribution in [2.45, 2.75) is 11.8 Å². The van der Waals surface area contributed by atoms with Crippen LogP contribution in [-0.2, 0) is 10.0 Å². The van der Waals surface area contributed by atoms with Crippen LogP contribution in [0.2, 0.25) is 0 Å². The Morgan fingerprint density at radius 2 is 1.90 bits per heavy atom. The molecule has 7 heteroatoms. The largest absolute Gasteiger partial charge is 0.396 e. The van der Waals surface area contributed by atoms with Crippen LogP contribution in [-0.4, -0.2) is 8.42 Å². The fourth-order valence-corrected chi connectivity index (χ4v) is 3.40. The molecule has 20 heavy (non-hydrogen) atoms. The Bertz CT molecular complexity index is 763. The number of sulfonamides is 1. The summed E-state index contributed by atoms with van der Waals surface area (Å²) in [5, 5.41) is 0. The summed E-state index contributed by atoms with van der Waals surface area (Å²) in [4.78, 5) is -0.184. The van der Waals surface area contributed by atoms with E-state index in [9.17, 15) is 12.8 Å². The zero-order valence-electron chi connectivity index (χ0n) is 10.5. The average Bonchev–Trinajstić information content (AvgIpc) is 2.36. The van der Waals surface area contributed by atoms with Crippen molar-refractivity contribution < 1.29 is 12.8 Å². The topological polar surface area (TPSA) is 72.2 Å². The normalized spacial score (nSPS) is 11.3. The van der Waals surface area contributed by atoms with Crippen molar-refractivity contribution in [1.82, 2.24) is 0 Å². The number of rotatable bonds is 3. The van der Waals surface area contributed by atoms with Crippen LogP contribution >= 0.6 is 15.9 Å². The van der Waals surface area contributed by atoms with Gasteiger partial charge in [-0.1, -0.05) is 6.07 Å². The summed E-state index contributed by atoms with van der Waals surface area (Å²) >= 11 is 3.28. The Balaban J connectivity index is 2.38. The van der Waals surface area contributed by atoms with Crippen LogP contribution in [0.3, 0.4) is 0 Å². The van der Waals surface area contributed by atoms with E-state index in [1.54, 1.807) is 18.2 Å². The second kappa shape index (κ2) is 5.41. The van der Waals surface area contributed by atoms with E-state index >= 15 is 0 Å². The van der Waals surface area contributed by atoms with Crippen LogP contribution in [0.5, 0.6) is 0 Å². The van der Waals surface area contributed by atoms with E-state index < -0.39 is 15.8 Å². The van der Waals surface area contributed by atoms with Gasteiger partial charge in [0.2, 0.25) is 0 Å². The van der Waals surface area contributed by atoms with E-state index in [1.807, 2.05) is 6.92 Å². The highest BCUT2D eigenvalue weighted by atomic mass is 79.9. The molecule has 0 amide bonds. The third-order valence-corrected chi connectivity index (χ3v) is 4.67. The maximum Gasteiger partial charge on any atom is 0.262 e. The molecule has 2 aromatic carbocycles. The average molecular weight is 359 g/mol. The molecule has 0 atom stereocenters. The fourth-order valence-electron chi connectivity index (χ4n) is 1.58. The predicted molar refractivity (Wildman–Crippen MR) is 80.5 cm³/mol. The maximum atomic E-state index is 13.4. The van der Waals surface area contributed by atoms with Gasteiger partial charge in [-0.2, -0.15) is 0 Å². The van der Waals surface area contributed by atoms with Crippen molar-refractivity contribution in [3.8, 4) is 0 Å². The molecule has 0 saturated carbocycles. The Kier molecular flexibility index (Phi) is 4.01. The summed E-state index contributed by atoms with van der Waals surface area (Å²) in [6, 6.07) is 8.54. The number of hydrogen-bond acceptors (Lipinski definition) is 3. The van der Waals surface area contributed by atoms with Gasteiger partial charge in [0.05, 0.1) is 16.3 Å². The molecule has 3 N–H and O–H groups in total. The third-order valence-electron chi connectivity index (χ3n) is 2.65. The van der Waals surface area contributed by atoms with E-state index in [4.69, 9.17) is 5.73 Å². The number of halogens is 2. The first-order valence-corrected chi connectivity index (χ1v) is 7.91. The molecule has 4 nitrogen and oxygen atoms in total.